The van der Waals surface area contributed by atoms with Crippen LogP contribution in [0.5, 0.6) is 0 Å². The second-order valence-electron chi connectivity index (χ2n) is 15.1. The van der Waals surface area contributed by atoms with Gasteiger partial charge in [-0.05, 0) is 96.3 Å². The number of aliphatic hydroxyl groups is 1. The highest BCUT2D eigenvalue weighted by atomic mass is 16.6. The molecule has 0 rings (SSSR count). The van der Waals surface area contributed by atoms with E-state index in [0.29, 0.717) is 13.0 Å². The van der Waals surface area contributed by atoms with Crippen LogP contribution in [0, 0.1) is 0 Å². The molecule has 0 radical (unpaired) electrons. The predicted octanol–water partition coefficient (Wildman–Crippen LogP) is 15.9. The minimum absolute atomic E-state index is 0.186. The van der Waals surface area contributed by atoms with E-state index < -0.39 is 6.10 Å². The fraction of sp³-hybridized carbons (Fsp3) is 0.642. The van der Waals surface area contributed by atoms with Crippen LogP contribution in [0.2, 0.25) is 0 Å². The summed E-state index contributed by atoms with van der Waals surface area (Å²) < 4.78 is 11.2. The first-order valence-electron chi connectivity index (χ1n) is 23.5. The lowest BCUT2D eigenvalue weighted by Crippen LogP contribution is -2.27. The van der Waals surface area contributed by atoms with E-state index in [2.05, 4.69) is 123 Å². The summed E-state index contributed by atoms with van der Waals surface area (Å²) in [5, 5.41) is 9.64. The summed E-state index contributed by atoms with van der Waals surface area (Å²) in [7, 11) is 0. The summed E-state index contributed by atoms with van der Waals surface area (Å²) in [6, 6.07) is 0. The molecule has 0 aromatic rings. The van der Waals surface area contributed by atoms with Crippen molar-refractivity contribution in [2.45, 2.75) is 200 Å². The minimum Gasteiger partial charge on any atom is -0.457 e. The molecule has 1 unspecified atom stereocenters. The van der Waals surface area contributed by atoms with Gasteiger partial charge in [0.2, 0.25) is 0 Å². The highest BCUT2D eigenvalue weighted by molar-refractivity contribution is 5.69. The maximum Gasteiger partial charge on any atom is 0.306 e. The Bertz CT molecular complexity index is 1100. The molecular weight excluding hydrogens is 701 g/mol. The summed E-state index contributed by atoms with van der Waals surface area (Å²) >= 11 is 0. The zero-order valence-electron chi connectivity index (χ0n) is 37.1. The fourth-order valence-electron chi connectivity index (χ4n) is 6.17. The van der Waals surface area contributed by atoms with Crippen molar-refractivity contribution in [1.29, 1.82) is 0 Å². The summed E-state index contributed by atoms with van der Waals surface area (Å²) in [6.07, 6.45) is 71.6. The summed E-state index contributed by atoms with van der Waals surface area (Å²) in [4.78, 5) is 12.3. The Morgan fingerprint density at radius 3 is 1.11 bits per heavy atom. The van der Waals surface area contributed by atoms with Crippen LogP contribution in [0.25, 0.3) is 0 Å². The molecule has 0 spiro atoms. The molecule has 4 heteroatoms. The Morgan fingerprint density at radius 2 is 0.737 bits per heavy atom. The Kier molecular flexibility index (Phi) is 46.7. The Balaban J connectivity index is 3.51. The fourth-order valence-corrected chi connectivity index (χ4v) is 6.17. The van der Waals surface area contributed by atoms with Crippen molar-refractivity contribution in [2.75, 3.05) is 19.8 Å². The highest BCUT2D eigenvalue weighted by Crippen LogP contribution is 2.13. The molecular formula is C53H88O4. The van der Waals surface area contributed by atoms with Gasteiger partial charge in [0, 0.05) is 13.0 Å². The Labute approximate surface area is 353 Å². The lowest BCUT2D eigenvalue weighted by molar-refractivity contribution is -0.154. The maximum absolute atomic E-state index is 12.3. The first kappa shape index (κ1) is 54.0. The normalized spacial score (nSPS) is 13.4. The molecule has 0 heterocycles. The smallest absolute Gasteiger partial charge is 0.306 e. The molecule has 4 nitrogen and oxygen atoms in total. The van der Waals surface area contributed by atoms with Crippen LogP contribution in [0.4, 0.5) is 0 Å². The average Bonchev–Trinajstić information content (AvgIpc) is 3.22. The number of hydrogen-bond donors (Lipinski definition) is 1. The van der Waals surface area contributed by atoms with Crippen LogP contribution in [-0.4, -0.2) is 37.0 Å². The minimum atomic E-state index is -0.553. The first-order chi connectivity index (χ1) is 28.2. The topological polar surface area (TPSA) is 55.8 Å². The molecule has 0 aliphatic carbocycles. The molecule has 0 bridgehead atoms. The number of esters is 1. The van der Waals surface area contributed by atoms with Gasteiger partial charge < -0.3 is 14.6 Å². The predicted molar refractivity (Wildman–Crippen MR) is 251 cm³/mol. The molecule has 324 valence electrons. The van der Waals surface area contributed by atoms with Gasteiger partial charge in [-0.15, -0.1) is 0 Å². The number of unbranched alkanes of at least 4 members (excludes halogenated alkanes) is 16. The van der Waals surface area contributed by atoms with E-state index in [4.69, 9.17) is 9.47 Å². The molecule has 1 atom stereocenters. The van der Waals surface area contributed by atoms with Crippen molar-refractivity contribution in [1.82, 2.24) is 0 Å². The quantitative estimate of drug-likeness (QED) is 0.0380. The van der Waals surface area contributed by atoms with Gasteiger partial charge in [-0.2, -0.15) is 0 Å². The third-order valence-corrected chi connectivity index (χ3v) is 9.59. The van der Waals surface area contributed by atoms with Gasteiger partial charge in [0.1, 0.15) is 6.10 Å². The number of hydrogen-bond acceptors (Lipinski definition) is 4. The number of ether oxygens (including phenoxy) is 2. The second kappa shape index (κ2) is 49.2. The molecule has 0 aliphatic rings. The van der Waals surface area contributed by atoms with Gasteiger partial charge in [-0.1, -0.05) is 200 Å². The SMILES string of the molecule is CC/C=C\C/C=C\C/C=C\C/C=C\C/C=C\CCCCCCCCOCC(CO)OC(=O)CCCCCCCCCCCC/C=C\C/C=C\C/C=C\C/C=C\CC. The maximum atomic E-state index is 12.3. The first-order valence-corrected chi connectivity index (χ1v) is 23.5. The molecule has 0 saturated heterocycles. The third-order valence-electron chi connectivity index (χ3n) is 9.59. The zero-order chi connectivity index (χ0) is 41.2. The van der Waals surface area contributed by atoms with Gasteiger partial charge in [0.15, 0.2) is 0 Å². The van der Waals surface area contributed by atoms with Crippen molar-refractivity contribution in [3.63, 3.8) is 0 Å². The van der Waals surface area contributed by atoms with Gasteiger partial charge in [-0.3, -0.25) is 4.79 Å². The second-order valence-corrected chi connectivity index (χ2v) is 15.1. The van der Waals surface area contributed by atoms with Crippen LogP contribution in [-0.2, 0) is 14.3 Å². The van der Waals surface area contributed by atoms with Crippen molar-refractivity contribution in [2.24, 2.45) is 0 Å². The van der Waals surface area contributed by atoms with Crippen molar-refractivity contribution < 1.29 is 19.4 Å². The molecule has 0 aromatic heterocycles. The van der Waals surface area contributed by atoms with Crippen LogP contribution in [0.3, 0.4) is 0 Å². The van der Waals surface area contributed by atoms with Gasteiger partial charge in [-0.25, -0.2) is 0 Å². The monoisotopic (exact) mass is 789 g/mol. The third kappa shape index (κ3) is 47.3. The molecule has 1 N–H and O–H groups in total. The Hall–Kier alpha value is -2.95. The average molecular weight is 789 g/mol. The zero-order valence-corrected chi connectivity index (χ0v) is 37.1. The molecule has 57 heavy (non-hydrogen) atoms. The van der Waals surface area contributed by atoms with Gasteiger partial charge >= 0.3 is 5.97 Å². The van der Waals surface area contributed by atoms with E-state index in [0.717, 1.165) is 89.9 Å². The molecule has 0 fully saturated rings. The standard InChI is InChI=1S/C53H88O4/c1-3-5-7-9-11-13-15-17-19-21-23-25-27-28-30-32-34-36-38-40-42-44-46-48-53(55)57-52(50-54)51-56-49-47-45-43-41-39-37-35-33-31-29-26-24-22-20-18-16-14-12-10-8-6-4-2/h5-8,11-14,17-20,23-26,31,33,52,54H,3-4,9-10,15-16,21-22,27-30,32,34-51H2,1-2H3/b7-5-,8-6-,13-11-,14-12-,19-17-,20-18-,25-23-,26-24-,33-31-. The van der Waals surface area contributed by atoms with E-state index in [1.807, 2.05) is 0 Å². The molecule has 0 aromatic carbocycles. The largest absolute Gasteiger partial charge is 0.457 e. The molecule has 0 amide bonds. The van der Waals surface area contributed by atoms with E-state index in [1.54, 1.807) is 0 Å². The lowest BCUT2D eigenvalue weighted by Gasteiger charge is -2.15. The number of aliphatic hydroxyl groups excluding tert-OH is 1. The van der Waals surface area contributed by atoms with Crippen LogP contribution in [0.15, 0.2) is 109 Å². The molecule has 0 aliphatic heterocycles. The summed E-state index contributed by atoms with van der Waals surface area (Å²) in [5.41, 5.74) is 0. The molecule has 0 saturated carbocycles. The van der Waals surface area contributed by atoms with Gasteiger partial charge in [0.25, 0.3) is 0 Å². The van der Waals surface area contributed by atoms with E-state index in [9.17, 15) is 9.90 Å². The number of carbonyl (C=O) groups is 1. The van der Waals surface area contributed by atoms with Crippen LogP contribution >= 0.6 is 0 Å². The highest BCUT2D eigenvalue weighted by Gasteiger charge is 2.13. The number of rotatable bonds is 42. The van der Waals surface area contributed by atoms with Crippen molar-refractivity contribution >= 4 is 5.97 Å². The lowest BCUT2D eigenvalue weighted by atomic mass is 10.0. The number of carbonyl (C=O) groups excluding carboxylic acids is 1. The van der Waals surface area contributed by atoms with Crippen LogP contribution in [0.1, 0.15) is 194 Å². The summed E-state index contributed by atoms with van der Waals surface area (Å²) in [5.74, 6) is -0.215. The van der Waals surface area contributed by atoms with E-state index >= 15 is 0 Å². The Morgan fingerprint density at radius 1 is 0.421 bits per heavy atom. The number of allylic oxidation sites excluding steroid dienone is 18. The van der Waals surface area contributed by atoms with E-state index in [-0.39, 0.29) is 19.2 Å². The summed E-state index contributed by atoms with van der Waals surface area (Å²) in [6.45, 7) is 5.07. The van der Waals surface area contributed by atoms with Crippen molar-refractivity contribution in [3.8, 4) is 0 Å². The van der Waals surface area contributed by atoms with Gasteiger partial charge in [0.05, 0.1) is 13.2 Å². The van der Waals surface area contributed by atoms with E-state index in [1.165, 1.54) is 83.5 Å². The van der Waals surface area contributed by atoms with Crippen LogP contribution < -0.4 is 0 Å². The van der Waals surface area contributed by atoms with Crippen molar-refractivity contribution in [3.05, 3.63) is 109 Å².